The molecule has 0 unspecified atom stereocenters. The number of benzene rings is 2. The van der Waals surface area contributed by atoms with Gasteiger partial charge in [-0.3, -0.25) is 9.67 Å². The molecule has 0 atom stereocenters. The van der Waals surface area contributed by atoms with Crippen molar-refractivity contribution in [2.24, 2.45) is 0 Å². The summed E-state index contributed by atoms with van der Waals surface area (Å²) in [6.45, 7) is 0.759. The van der Waals surface area contributed by atoms with Gasteiger partial charge in [-0.1, -0.05) is 27.5 Å². The third-order valence-corrected chi connectivity index (χ3v) is 4.40. The lowest BCUT2D eigenvalue weighted by Gasteiger charge is -2.09. The van der Waals surface area contributed by atoms with Crippen molar-refractivity contribution < 1.29 is 0 Å². The summed E-state index contributed by atoms with van der Waals surface area (Å²) >= 11 is 14.7. The number of halogens is 2. The Hall–Kier alpha value is -1.63. The molecule has 0 aliphatic carbocycles. The van der Waals surface area contributed by atoms with E-state index < -0.39 is 0 Å². The molecule has 23 heavy (non-hydrogen) atoms. The summed E-state index contributed by atoms with van der Waals surface area (Å²) in [5, 5.41) is 11.3. The van der Waals surface area contributed by atoms with Crippen LogP contribution >= 0.6 is 39.7 Å². The summed E-state index contributed by atoms with van der Waals surface area (Å²) in [6.07, 6.45) is 0.742. The van der Waals surface area contributed by atoms with Crippen LogP contribution in [0.1, 0.15) is 5.82 Å². The molecule has 0 spiro atoms. The Bertz CT molecular complexity index is 840. The minimum Gasteiger partial charge on any atom is -0.385 e. The van der Waals surface area contributed by atoms with Gasteiger partial charge in [-0.2, -0.15) is 5.10 Å². The molecule has 7 heteroatoms. The van der Waals surface area contributed by atoms with E-state index in [-0.39, 0.29) is 0 Å². The fourth-order valence-electron chi connectivity index (χ4n) is 2.24. The summed E-state index contributed by atoms with van der Waals surface area (Å²) in [6, 6.07) is 15.6. The van der Waals surface area contributed by atoms with Crippen LogP contribution in [0.5, 0.6) is 0 Å². The average molecular weight is 410 g/mol. The van der Waals surface area contributed by atoms with E-state index in [1.54, 1.807) is 0 Å². The Morgan fingerprint density at radius 3 is 2.52 bits per heavy atom. The third-order valence-electron chi connectivity index (χ3n) is 3.35. The Kier molecular flexibility index (Phi) is 5.15. The number of nitrogens with zero attached hydrogens (tertiary/aromatic N) is 2. The normalized spacial score (nSPS) is 10.7. The van der Waals surface area contributed by atoms with Crippen LogP contribution in [0.4, 0.5) is 5.69 Å². The molecule has 0 saturated heterocycles. The third kappa shape index (κ3) is 4.02. The van der Waals surface area contributed by atoms with Crippen molar-refractivity contribution in [3.8, 4) is 5.69 Å². The molecule has 3 aromatic rings. The van der Waals surface area contributed by atoms with Crippen molar-refractivity contribution in [2.75, 3.05) is 11.9 Å². The SMILES string of the molecule is S=c1[nH]nc(CCNc2ccc(Br)cc2)n1-c1ccc(Cl)cc1. The number of nitrogens with one attached hydrogen (secondary N) is 2. The van der Waals surface area contributed by atoms with Gasteiger partial charge in [0.05, 0.1) is 0 Å². The molecule has 118 valence electrons. The average Bonchev–Trinajstić information content (AvgIpc) is 2.91. The first kappa shape index (κ1) is 16.2. The molecular formula is C16H14BrClN4S. The molecule has 0 amide bonds. The molecule has 1 aromatic heterocycles. The van der Waals surface area contributed by atoms with Crippen molar-refractivity contribution >= 4 is 45.4 Å². The minimum absolute atomic E-state index is 0.575. The second-order valence-electron chi connectivity index (χ2n) is 4.94. The molecular weight excluding hydrogens is 396 g/mol. The summed E-state index contributed by atoms with van der Waals surface area (Å²) in [5.74, 6) is 0.877. The van der Waals surface area contributed by atoms with Crippen molar-refractivity contribution in [2.45, 2.75) is 6.42 Å². The topological polar surface area (TPSA) is 45.6 Å². The molecule has 0 fully saturated rings. The van der Waals surface area contributed by atoms with E-state index in [1.807, 2.05) is 53.1 Å². The summed E-state index contributed by atoms with van der Waals surface area (Å²) in [7, 11) is 0. The fourth-order valence-corrected chi connectivity index (χ4v) is 2.89. The molecule has 0 radical (unpaired) electrons. The van der Waals surface area contributed by atoms with Gasteiger partial charge in [-0.05, 0) is 60.7 Å². The zero-order valence-corrected chi connectivity index (χ0v) is 15.3. The fraction of sp³-hybridized carbons (Fsp3) is 0.125. The molecule has 0 saturated carbocycles. The standard InChI is InChI=1S/C16H14BrClN4S/c17-11-1-5-13(6-2-11)19-10-9-15-20-21-16(23)22(15)14-7-3-12(18)4-8-14/h1-8,19H,9-10H2,(H,21,23). The maximum absolute atomic E-state index is 5.94. The lowest BCUT2D eigenvalue weighted by atomic mass is 10.3. The predicted molar refractivity (Wildman–Crippen MR) is 100 cm³/mol. The number of hydrogen-bond acceptors (Lipinski definition) is 3. The molecule has 2 N–H and O–H groups in total. The van der Waals surface area contributed by atoms with Gasteiger partial charge >= 0.3 is 0 Å². The van der Waals surface area contributed by atoms with Gasteiger partial charge < -0.3 is 5.32 Å². The zero-order valence-electron chi connectivity index (χ0n) is 12.1. The Morgan fingerprint density at radius 1 is 1.13 bits per heavy atom. The Balaban J connectivity index is 1.72. The van der Waals surface area contributed by atoms with Crippen LogP contribution in [-0.4, -0.2) is 21.3 Å². The van der Waals surface area contributed by atoms with E-state index in [1.165, 1.54) is 0 Å². The first-order chi connectivity index (χ1) is 11.1. The van der Waals surface area contributed by atoms with Crippen LogP contribution < -0.4 is 5.32 Å². The van der Waals surface area contributed by atoms with E-state index in [4.69, 9.17) is 23.8 Å². The highest BCUT2D eigenvalue weighted by Crippen LogP contribution is 2.16. The zero-order chi connectivity index (χ0) is 16.2. The van der Waals surface area contributed by atoms with Gasteiger partial charge in [-0.15, -0.1) is 0 Å². The predicted octanol–water partition coefficient (Wildman–Crippen LogP) is 5.00. The van der Waals surface area contributed by atoms with Crippen molar-refractivity contribution in [3.05, 3.63) is 68.6 Å². The van der Waals surface area contributed by atoms with E-state index in [0.29, 0.717) is 9.79 Å². The van der Waals surface area contributed by atoms with Crippen LogP contribution in [0.15, 0.2) is 53.0 Å². The summed E-state index contributed by atoms with van der Waals surface area (Å²) < 4.78 is 3.56. The first-order valence-electron chi connectivity index (χ1n) is 7.05. The molecule has 0 aliphatic heterocycles. The molecule has 0 aliphatic rings. The molecule has 4 nitrogen and oxygen atoms in total. The molecule has 1 heterocycles. The maximum Gasteiger partial charge on any atom is 0.199 e. The number of H-pyrrole nitrogens is 1. The highest BCUT2D eigenvalue weighted by Gasteiger charge is 2.08. The van der Waals surface area contributed by atoms with E-state index in [0.717, 1.165) is 34.6 Å². The van der Waals surface area contributed by atoms with Crippen molar-refractivity contribution in [1.29, 1.82) is 0 Å². The quantitative estimate of drug-likeness (QED) is 0.583. The second-order valence-corrected chi connectivity index (χ2v) is 6.68. The summed E-state index contributed by atoms with van der Waals surface area (Å²) in [4.78, 5) is 0. The lowest BCUT2D eigenvalue weighted by molar-refractivity contribution is 0.848. The minimum atomic E-state index is 0.575. The Morgan fingerprint density at radius 2 is 1.83 bits per heavy atom. The largest absolute Gasteiger partial charge is 0.385 e. The van der Waals surface area contributed by atoms with Crippen molar-refractivity contribution in [3.63, 3.8) is 0 Å². The Labute approximate surface area is 152 Å². The van der Waals surface area contributed by atoms with Gasteiger partial charge in [0.2, 0.25) is 0 Å². The first-order valence-corrected chi connectivity index (χ1v) is 8.63. The summed E-state index contributed by atoms with van der Waals surface area (Å²) in [5.41, 5.74) is 2.02. The van der Waals surface area contributed by atoms with Gasteiger partial charge in [-0.25, -0.2) is 0 Å². The van der Waals surface area contributed by atoms with Gasteiger partial charge in [0, 0.05) is 33.8 Å². The number of anilines is 1. The number of hydrogen-bond donors (Lipinski definition) is 2. The van der Waals surface area contributed by atoms with Crippen LogP contribution in [0.25, 0.3) is 5.69 Å². The molecule has 0 bridgehead atoms. The van der Waals surface area contributed by atoms with Crippen LogP contribution in [-0.2, 0) is 6.42 Å². The van der Waals surface area contributed by atoms with E-state index in [2.05, 4.69) is 31.4 Å². The highest BCUT2D eigenvalue weighted by molar-refractivity contribution is 9.10. The lowest BCUT2D eigenvalue weighted by Crippen LogP contribution is -2.09. The highest BCUT2D eigenvalue weighted by atomic mass is 79.9. The van der Waals surface area contributed by atoms with E-state index in [9.17, 15) is 0 Å². The van der Waals surface area contributed by atoms with Crippen LogP contribution in [0, 0.1) is 4.77 Å². The number of rotatable bonds is 5. The maximum atomic E-state index is 5.94. The van der Waals surface area contributed by atoms with Gasteiger partial charge in [0.1, 0.15) is 5.82 Å². The number of aromatic amines is 1. The van der Waals surface area contributed by atoms with E-state index >= 15 is 0 Å². The van der Waals surface area contributed by atoms with Gasteiger partial charge in [0.15, 0.2) is 4.77 Å². The smallest absolute Gasteiger partial charge is 0.199 e. The molecule has 2 aromatic carbocycles. The monoisotopic (exact) mass is 408 g/mol. The van der Waals surface area contributed by atoms with Gasteiger partial charge in [0.25, 0.3) is 0 Å². The van der Waals surface area contributed by atoms with Crippen LogP contribution in [0.2, 0.25) is 5.02 Å². The molecule has 3 rings (SSSR count). The second kappa shape index (κ2) is 7.29. The van der Waals surface area contributed by atoms with Crippen molar-refractivity contribution in [1.82, 2.24) is 14.8 Å². The number of aromatic nitrogens is 3. The van der Waals surface area contributed by atoms with Crippen LogP contribution in [0.3, 0.4) is 0 Å².